The van der Waals surface area contributed by atoms with Gasteiger partial charge in [-0.2, -0.15) is 0 Å². The van der Waals surface area contributed by atoms with Crippen LogP contribution in [0.3, 0.4) is 0 Å². The third kappa shape index (κ3) is 15.4. The number of hydrogen-bond acceptors (Lipinski definition) is 16. The first-order valence-electron chi connectivity index (χ1n) is 21.6. The lowest BCUT2D eigenvalue weighted by Crippen LogP contribution is -2.12. The Morgan fingerprint density at radius 2 is 0.706 bits per heavy atom. The summed E-state index contributed by atoms with van der Waals surface area (Å²) in [6, 6.07) is 23.4. The van der Waals surface area contributed by atoms with Crippen LogP contribution in [-0.2, 0) is 26.1 Å². The minimum absolute atomic E-state index is 0.0396. The van der Waals surface area contributed by atoms with Crippen molar-refractivity contribution in [2.24, 2.45) is 7.05 Å². The summed E-state index contributed by atoms with van der Waals surface area (Å²) in [6.45, 7) is 8.34. The second-order valence-electron chi connectivity index (χ2n) is 14.8. The Hall–Kier alpha value is -8.34. The van der Waals surface area contributed by atoms with Crippen LogP contribution in [0.1, 0.15) is 92.8 Å². The number of aromatic nitrogens is 1. The van der Waals surface area contributed by atoms with Crippen molar-refractivity contribution in [3.05, 3.63) is 145 Å². The van der Waals surface area contributed by atoms with Crippen LogP contribution in [0.15, 0.2) is 122 Å². The largest absolute Gasteiger partial charge is 0.494 e. The first-order valence-corrected chi connectivity index (χ1v) is 21.6. The molecule has 17 heteroatoms. The van der Waals surface area contributed by atoms with Gasteiger partial charge in [0.05, 0.1) is 48.7 Å². The summed E-state index contributed by atoms with van der Waals surface area (Å²) in [5, 5.41) is 21.3. The van der Waals surface area contributed by atoms with Gasteiger partial charge in [-0.05, 0) is 148 Å². The number of carbonyl (C=O) groups is 6. The highest BCUT2D eigenvalue weighted by atomic mass is 16.6. The Kier molecular flexibility index (Phi) is 19.3. The Balaban J connectivity index is 1.06. The van der Waals surface area contributed by atoms with E-state index < -0.39 is 59.1 Å². The standard InChI is InChI=1S/C51H51NO16/c1-4-42(53)63-32-12-8-6-10-30-61-38-22-14-34(15-23-38)48(57)65-40-26-18-36(19-27-40)50(59)67-44-45(47(56)52(3)46(44)55)68-51(60)37-20-28-41(29-21-37)66-49(58)35-16-24-39(25-17-35)62-31-11-7-9-13-33-64-43(54)5-2/h4-5,14-29,55-56H,1-2,6-13,30-33H2,3H3. The fourth-order valence-corrected chi connectivity index (χ4v) is 6.08. The number of nitrogens with zero attached hydrogens (tertiary/aromatic N) is 1. The maximum atomic E-state index is 13.2. The fourth-order valence-electron chi connectivity index (χ4n) is 6.08. The minimum atomic E-state index is -1.01. The van der Waals surface area contributed by atoms with Crippen molar-refractivity contribution in [1.29, 1.82) is 0 Å². The molecule has 5 aromatic rings. The molecule has 68 heavy (non-hydrogen) atoms. The Labute approximate surface area is 392 Å². The van der Waals surface area contributed by atoms with Gasteiger partial charge in [-0.15, -0.1) is 0 Å². The summed E-state index contributed by atoms with van der Waals surface area (Å²) >= 11 is 0. The highest BCUT2D eigenvalue weighted by molar-refractivity contribution is 5.95. The Morgan fingerprint density at radius 1 is 0.426 bits per heavy atom. The van der Waals surface area contributed by atoms with Crippen LogP contribution in [0.4, 0.5) is 0 Å². The van der Waals surface area contributed by atoms with Crippen molar-refractivity contribution in [2.45, 2.75) is 51.4 Å². The van der Waals surface area contributed by atoms with Gasteiger partial charge in [-0.3, -0.25) is 4.57 Å². The van der Waals surface area contributed by atoms with Gasteiger partial charge < -0.3 is 48.1 Å². The van der Waals surface area contributed by atoms with Gasteiger partial charge in [0.15, 0.2) is 0 Å². The first-order chi connectivity index (χ1) is 32.9. The molecule has 4 aromatic carbocycles. The van der Waals surface area contributed by atoms with Gasteiger partial charge in [0.25, 0.3) is 0 Å². The van der Waals surface area contributed by atoms with Crippen molar-refractivity contribution < 1.29 is 76.9 Å². The van der Waals surface area contributed by atoms with Crippen LogP contribution in [0.2, 0.25) is 0 Å². The second-order valence-corrected chi connectivity index (χ2v) is 14.8. The van der Waals surface area contributed by atoms with Gasteiger partial charge in [-0.25, -0.2) is 28.8 Å². The highest BCUT2D eigenvalue weighted by Gasteiger charge is 2.29. The number of rotatable bonds is 26. The lowest BCUT2D eigenvalue weighted by Gasteiger charge is -2.09. The van der Waals surface area contributed by atoms with Crippen molar-refractivity contribution >= 4 is 35.8 Å². The average molecular weight is 934 g/mol. The van der Waals surface area contributed by atoms with Crippen LogP contribution >= 0.6 is 0 Å². The zero-order valence-electron chi connectivity index (χ0n) is 37.3. The molecule has 5 rings (SSSR count). The van der Waals surface area contributed by atoms with E-state index in [0.717, 1.165) is 68.1 Å². The quantitative estimate of drug-likeness (QED) is 0.0229. The molecule has 0 atom stereocenters. The Morgan fingerprint density at radius 3 is 1.01 bits per heavy atom. The molecule has 356 valence electrons. The molecule has 0 bridgehead atoms. The van der Waals surface area contributed by atoms with Gasteiger partial charge in [-0.1, -0.05) is 13.2 Å². The van der Waals surface area contributed by atoms with E-state index in [1.54, 1.807) is 48.5 Å². The molecule has 0 aliphatic carbocycles. The number of unbranched alkanes of at least 4 members (excludes halogenated alkanes) is 6. The van der Waals surface area contributed by atoms with E-state index in [1.165, 1.54) is 55.6 Å². The molecule has 0 spiro atoms. The molecular weight excluding hydrogens is 883 g/mol. The van der Waals surface area contributed by atoms with Crippen molar-refractivity contribution in [3.63, 3.8) is 0 Å². The van der Waals surface area contributed by atoms with E-state index >= 15 is 0 Å². The molecule has 0 radical (unpaired) electrons. The Bertz CT molecular complexity index is 2350. The van der Waals surface area contributed by atoms with Crippen molar-refractivity contribution in [3.8, 4) is 46.3 Å². The van der Waals surface area contributed by atoms with Crippen molar-refractivity contribution in [2.75, 3.05) is 26.4 Å². The lowest BCUT2D eigenvalue weighted by molar-refractivity contribution is -0.138. The maximum absolute atomic E-state index is 13.2. The zero-order valence-corrected chi connectivity index (χ0v) is 37.3. The van der Waals surface area contributed by atoms with E-state index in [-0.39, 0.29) is 33.8 Å². The number of ether oxygens (including phenoxy) is 8. The van der Waals surface area contributed by atoms with E-state index in [4.69, 9.17) is 37.9 Å². The SMILES string of the molecule is C=CC(=O)OCCCCCCOc1ccc(C(=O)Oc2ccc(C(=O)Oc3c(OC(=O)c4ccc(OC(=O)c5ccc(OCCCCCCOC(=O)C=C)cc5)cc4)c(O)n(C)c3O)cc2)cc1. The molecule has 0 saturated heterocycles. The predicted octanol–water partition coefficient (Wildman–Crippen LogP) is 8.65. The van der Waals surface area contributed by atoms with E-state index in [9.17, 15) is 39.0 Å². The zero-order chi connectivity index (χ0) is 48.8. The molecule has 2 N–H and O–H groups in total. The monoisotopic (exact) mass is 933 g/mol. The molecule has 1 aromatic heterocycles. The predicted molar refractivity (Wildman–Crippen MR) is 245 cm³/mol. The number of hydrogen-bond donors (Lipinski definition) is 2. The highest BCUT2D eigenvalue weighted by Crippen LogP contribution is 2.47. The van der Waals surface area contributed by atoms with Crippen LogP contribution in [0.25, 0.3) is 0 Å². The first kappa shape index (κ1) is 50.7. The van der Waals surface area contributed by atoms with Crippen LogP contribution in [0.5, 0.6) is 46.3 Å². The maximum Gasteiger partial charge on any atom is 0.343 e. The smallest absolute Gasteiger partial charge is 0.343 e. The van der Waals surface area contributed by atoms with E-state index in [0.29, 0.717) is 37.9 Å². The van der Waals surface area contributed by atoms with E-state index in [1.807, 2.05) is 0 Å². The van der Waals surface area contributed by atoms with Crippen LogP contribution in [-0.4, -0.2) is 77.0 Å². The molecule has 17 nitrogen and oxygen atoms in total. The molecular formula is C51H51NO16. The molecule has 0 amide bonds. The third-order valence-electron chi connectivity index (χ3n) is 9.86. The summed E-state index contributed by atoms with van der Waals surface area (Å²) < 4.78 is 43.8. The summed E-state index contributed by atoms with van der Waals surface area (Å²) in [6.07, 6.45) is 8.88. The van der Waals surface area contributed by atoms with Gasteiger partial charge >= 0.3 is 35.8 Å². The number of carbonyl (C=O) groups excluding carboxylic acids is 6. The summed E-state index contributed by atoms with van der Waals surface area (Å²) in [7, 11) is 1.24. The van der Waals surface area contributed by atoms with Crippen LogP contribution < -0.4 is 28.4 Å². The molecule has 0 saturated carbocycles. The summed E-state index contributed by atoms with van der Waals surface area (Å²) in [5.41, 5.74) is 0.427. The average Bonchev–Trinajstić information content (AvgIpc) is 3.54. The van der Waals surface area contributed by atoms with Crippen molar-refractivity contribution in [1.82, 2.24) is 4.57 Å². The summed E-state index contributed by atoms with van der Waals surface area (Å²) in [4.78, 5) is 74.1. The normalized spacial score (nSPS) is 10.5. The molecule has 0 aliphatic rings. The number of aromatic hydroxyl groups is 2. The topological polar surface area (TPSA) is 222 Å². The van der Waals surface area contributed by atoms with Crippen LogP contribution in [0, 0.1) is 0 Å². The van der Waals surface area contributed by atoms with Gasteiger partial charge in [0.1, 0.15) is 23.0 Å². The van der Waals surface area contributed by atoms with E-state index in [2.05, 4.69) is 13.2 Å². The molecule has 0 aliphatic heterocycles. The van der Waals surface area contributed by atoms with Gasteiger partial charge in [0.2, 0.25) is 23.3 Å². The fraction of sp³-hybridized carbons (Fsp3) is 0.255. The minimum Gasteiger partial charge on any atom is -0.494 e. The molecule has 1 heterocycles. The second kappa shape index (κ2) is 26.0. The third-order valence-corrected chi connectivity index (χ3v) is 9.86. The summed E-state index contributed by atoms with van der Waals surface area (Å²) in [5.74, 6) is -5.56. The number of esters is 6. The number of benzene rings is 4. The lowest BCUT2D eigenvalue weighted by atomic mass is 10.2. The molecule has 0 fully saturated rings. The molecule has 0 unspecified atom stereocenters. The van der Waals surface area contributed by atoms with Gasteiger partial charge in [0, 0.05) is 19.2 Å².